The Bertz CT molecular complexity index is 1030. The molecule has 0 aliphatic heterocycles. The molecule has 0 spiro atoms. The number of ether oxygens (including phenoxy) is 3. The van der Waals surface area contributed by atoms with E-state index in [2.05, 4.69) is 10.6 Å². The third kappa shape index (κ3) is 5.08. The molecule has 1 aromatic heterocycles. The molecule has 0 amide bonds. The zero-order valence-electron chi connectivity index (χ0n) is 16.9. The number of thiophene rings is 1. The average Bonchev–Trinajstić information content (AvgIpc) is 3.18. The topological polar surface area (TPSA) is 68.8 Å². The molecule has 0 fully saturated rings. The molecule has 0 aliphatic carbocycles. The minimum atomic E-state index is -0.403. The first-order valence-corrected chi connectivity index (χ1v) is 10.4. The number of rotatable bonds is 7. The van der Waals surface area contributed by atoms with Crippen LogP contribution in [0.5, 0.6) is 11.5 Å². The number of thiocarbonyl (C=S) groups is 1. The molecule has 2 N–H and O–H groups in total. The van der Waals surface area contributed by atoms with Gasteiger partial charge in [0.15, 0.2) is 5.11 Å². The van der Waals surface area contributed by atoms with E-state index in [-0.39, 0.29) is 0 Å². The minimum Gasteiger partial charge on any atom is -0.497 e. The number of hydrogen-bond donors (Lipinski definition) is 2. The van der Waals surface area contributed by atoms with E-state index in [1.807, 2.05) is 36.4 Å². The Morgan fingerprint density at radius 3 is 2.47 bits per heavy atom. The fourth-order valence-corrected chi connectivity index (χ4v) is 4.09. The zero-order valence-corrected chi connectivity index (χ0v) is 18.5. The number of anilines is 2. The van der Waals surface area contributed by atoms with E-state index in [0.717, 1.165) is 10.4 Å². The summed E-state index contributed by atoms with van der Waals surface area (Å²) in [5.74, 6) is 0.873. The maximum atomic E-state index is 12.5. The van der Waals surface area contributed by atoms with Gasteiger partial charge >= 0.3 is 5.97 Å². The van der Waals surface area contributed by atoms with Gasteiger partial charge in [-0.2, -0.15) is 0 Å². The van der Waals surface area contributed by atoms with Gasteiger partial charge in [0, 0.05) is 10.9 Å². The van der Waals surface area contributed by atoms with Crippen molar-refractivity contribution < 1.29 is 19.0 Å². The molecule has 30 heavy (non-hydrogen) atoms. The molecular formula is C22H22N2O4S2. The van der Waals surface area contributed by atoms with Crippen LogP contribution in [0.15, 0.2) is 54.6 Å². The molecule has 3 aromatic rings. The van der Waals surface area contributed by atoms with Crippen molar-refractivity contribution in [3.8, 4) is 21.9 Å². The molecule has 0 radical (unpaired) electrons. The van der Waals surface area contributed by atoms with E-state index in [4.69, 9.17) is 26.4 Å². The first-order valence-electron chi connectivity index (χ1n) is 9.22. The van der Waals surface area contributed by atoms with Crippen LogP contribution in [-0.4, -0.2) is 31.9 Å². The Hall–Kier alpha value is -3.10. The molecule has 0 atom stereocenters. The molecule has 8 heteroatoms. The van der Waals surface area contributed by atoms with Gasteiger partial charge in [0.05, 0.1) is 32.1 Å². The normalized spacial score (nSPS) is 10.2. The summed E-state index contributed by atoms with van der Waals surface area (Å²) in [6.07, 6.45) is 0. The van der Waals surface area contributed by atoms with Gasteiger partial charge in [-0.15, -0.1) is 11.3 Å². The predicted molar refractivity (Wildman–Crippen MR) is 125 cm³/mol. The van der Waals surface area contributed by atoms with E-state index in [1.165, 1.54) is 11.3 Å². The molecule has 0 aliphatic rings. The Morgan fingerprint density at radius 2 is 1.80 bits per heavy atom. The van der Waals surface area contributed by atoms with Crippen molar-refractivity contribution >= 4 is 45.3 Å². The second-order valence-corrected chi connectivity index (χ2v) is 7.55. The van der Waals surface area contributed by atoms with Crippen molar-refractivity contribution in [1.82, 2.24) is 0 Å². The van der Waals surface area contributed by atoms with Crippen LogP contribution in [0.4, 0.5) is 10.7 Å². The lowest BCUT2D eigenvalue weighted by atomic mass is 10.1. The van der Waals surface area contributed by atoms with Gasteiger partial charge in [0.2, 0.25) is 0 Å². The van der Waals surface area contributed by atoms with Crippen molar-refractivity contribution in [3.05, 3.63) is 60.2 Å². The maximum absolute atomic E-state index is 12.5. The second-order valence-electron chi connectivity index (χ2n) is 6.09. The summed E-state index contributed by atoms with van der Waals surface area (Å²) in [6, 6.07) is 17.0. The average molecular weight is 443 g/mol. The van der Waals surface area contributed by atoms with Gasteiger partial charge < -0.3 is 24.8 Å². The molecule has 2 aromatic carbocycles. The van der Waals surface area contributed by atoms with Crippen LogP contribution in [0, 0.1) is 0 Å². The smallest absolute Gasteiger partial charge is 0.341 e. The van der Waals surface area contributed by atoms with E-state index in [0.29, 0.717) is 39.5 Å². The summed E-state index contributed by atoms with van der Waals surface area (Å²) >= 11 is 6.91. The Labute approximate surface area is 184 Å². The summed E-state index contributed by atoms with van der Waals surface area (Å²) in [6.45, 7) is 2.06. The van der Waals surface area contributed by atoms with E-state index >= 15 is 0 Å². The van der Waals surface area contributed by atoms with Crippen LogP contribution < -0.4 is 20.1 Å². The summed E-state index contributed by atoms with van der Waals surface area (Å²) < 4.78 is 15.9. The number of carbonyl (C=O) groups is 1. The monoisotopic (exact) mass is 442 g/mol. The van der Waals surface area contributed by atoms with Crippen molar-refractivity contribution in [2.75, 3.05) is 31.5 Å². The molecule has 3 rings (SSSR count). The lowest BCUT2D eigenvalue weighted by molar-refractivity contribution is 0.0528. The first kappa shape index (κ1) is 21.6. The molecule has 156 valence electrons. The molecular weight excluding hydrogens is 420 g/mol. The van der Waals surface area contributed by atoms with Gasteiger partial charge in [0.1, 0.15) is 16.5 Å². The third-order valence-corrected chi connectivity index (χ3v) is 5.47. The standard InChI is InChI=1S/C22H22N2O4S2/c1-4-28-21(25)16-13-19(14-8-6-5-7-9-14)30-20(16)24-22(29)23-17-12-15(26-2)10-11-18(17)27-3/h5-13H,4H2,1-3H3,(H2,23,24,29). The van der Waals surface area contributed by atoms with Crippen LogP contribution >= 0.6 is 23.6 Å². The number of esters is 1. The van der Waals surface area contributed by atoms with Gasteiger partial charge in [-0.1, -0.05) is 30.3 Å². The number of benzene rings is 2. The first-order chi connectivity index (χ1) is 14.5. The van der Waals surface area contributed by atoms with Gasteiger partial charge in [-0.25, -0.2) is 4.79 Å². The van der Waals surface area contributed by atoms with Crippen molar-refractivity contribution in [3.63, 3.8) is 0 Å². The summed E-state index contributed by atoms with van der Waals surface area (Å²) in [4.78, 5) is 13.4. The summed E-state index contributed by atoms with van der Waals surface area (Å²) in [5.41, 5.74) is 2.09. The van der Waals surface area contributed by atoms with E-state index < -0.39 is 5.97 Å². The Kier molecular flexibility index (Phi) is 7.26. The van der Waals surface area contributed by atoms with Crippen LogP contribution in [0.1, 0.15) is 17.3 Å². The largest absolute Gasteiger partial charge is 0.497 e. The summed E-state index contributed by atoms with van der Waals surface area (Å²) in [5, 5.41) is 7.14. The van der Waals surface area contributed by atoms with Crippen molar-refractivity contribution in [1.29, 1.82) is 0 Å². The fourth-order valence-electron chi connectivity index (χ4n) is 2.76. The number of methoxy groups -OCH3 is 2. The number of nitrogens with one attached hydrogen (secondary N) is 2. The highest BCUT2D eigenvalue weighted by atomic mass is 32.1. The number of carbonyl (C=O) groups excluding carboxylic acids is 1. The van der Waals surface area contributed by atoms with E-state index in [1.54, 1.807) is 39.3 Å². The lowest BCUT2D eigenvalue weighted by Crippen LogP contribution is -2.20. The molecule has 0 unspecified atom stereocenters. The van der Waals surface area contributed by atoms with Crippen LogP contribution in [0.3, 0.4) is 0 Å². The molecule has 1 heterocycles. The van der Waals surface area contributed by atoms with Crippen LogP contribution in [-0.2, 0) is 4.74 Å². The van der Waals surface area contributed by atoms with Crippen molar-refractivity contribution in [2.24, 2.45) is 0 Å². The van der Waals surface area contributed by atoms with Gasteiger partial charge in [-0.3, -0.25) is 0 Å². The summed E-state index contributed by atoms with van der Waals surface area (Å²) in [7, 11) is 3.16. The third-order valence-electron chi connectivity index (χ3n) is 4.17. The Morgan fingerprint density at radius 1 is 1.03 bits per heavy atom. The number of hydrogen-bond acceptors (Lipinski definition) is 6. The second kappa shape index (κ2) is 10.1. The highest BCUT2D eigenvalue weighted by Gasteiger charge is 2.19. The van der Waals surface area contributed by atoms with Gasteiger partial charge in [0.25, 0.3) is 0 Å². The predicted octanol–water partition coefficient (Wildman–Crippen LogP) is 5.42. The van der Waals surface area contributed by atoms with Gasteiger partial charge in [-0.05, 0) is 42.9 Å². The SMILES string of the molecule is CCOC(=O)c1cc(-c2ccccc2)sc1NC(=S)Nc1cc(OC)ccc1OC. The Balaban J connectivity index is 1.87. The zero-order chi connectivity index (χ0) is 21.5. The van der Waals surface area contributed by atoms with Crippen LogP contribution in [0.25, 0.3) is 10.4 Å². The highest BCUT2D eigenvalue weighted by molar-refractivity contribution is 7.80. The molecule has 0 saturated carbocycles. The quantitative estimate of drug-likeness (QED) is 0.374. The maximum Gasteiger partial charge on any atom is 0.341 e. The minimum absolute atomic E-state index is 0.290. The molecule has 0 saturated heterocycles. The molecule has 0 bridgehead atoms. The molecule has 6 nitrogen and oxygen atoms in total. The van der Waals surface area contributed by atoms with Crippen LogP contribution in [0.2, 0.25) is 0 Å². The lowest BCUT2D eigenvalue weighted by Gasteiger charge is -2.14. The fraction of sp³-hybridized carbons (Fsp3) is 0.182. The van der Waals surface area contributed by atoms with E-state index in [9.17, 15) is 4.79 Å². The van der Waals surface area contributed by atoms with Crippen molar-refractivity contribution in [2.45, 2.75) is 6.92 Å². The highest BCUT2D eigenvalue weighted by Crippen LogP contribution is 2.36.